The van der Waals surface area contributed by atoms with Gasteiger partial charge in [0.25, 0.3) is 0 Å². The number of carbonyl (C=O) groups is 1. The van der Waals surface area contributed by atoms with Crippen molar-refractivity contribution in [1.29, 1.82) is 0 Å². The molecular formula is C13H14N2O2. The van der Waals surface area contributed by atoms with Crippen molar-refractivity contribution in [2.45, 2.75) is 13.3 Å². The van der Waals surface area contributed by atoms with Crippen LogP contribution in [0.25, 0.3) is 0 Å². The van der Waals surface area contributed by atoms with Gasteiger partial charge in [-0.25, -0.2) is 4.79 Å². The van der Waals surface area contributed by atoms with Crippen LogP contribution in [0.2, 0.25) is 0 Å². The van der Waals surface area contributed by atoms with Gasteiger partial charge in [0, 0.05) is 17.7 Å². The lowest BCUT2D eigenvalue weighted by Gasteiger charge is -2.02. The molecule has 4 nitrogen and oxygen atoms in total. The van der Waals surface area contributed by atoms with E-state index < -0.39 is 5.97 Å². The van der Waals surface area contributed by atoms with Crippen molar-refractivity contribution in [3.63, 3.8) is 0 Å². The number of nitrogens with zero attached hydrogens (tertiary/aromatic N) is 1. The van der Waals surface area contributed by atoms with E-state index in [1.54, 1.807) is 0 Å². The summed E-state index contributed by atoms with van der Waals surface area (Å²) in [4.78, 5) is 11.5. The van der Waals surface area contributed by atoms with Crippen LogP contribution in [-0.2, 0) is 11.2 Å². The lowest BCUT2D eigenvalue weighted by atomic mass is 10.0. The van der Waals surface area contributed by atoms with Crippen molar-refractivity contribution in [3.8, 4) is 0 Å². The Morgan fingerprint density at radius 2 is 2.06 bits per heavy atom. The maximum Gasteiger partial charge on any atom is 0.358 e. The van der Waals surface area contributed by atoms with E-state index >= 15 is 0 Å². The summed E-state index contributed by atoms with van der Waals surface area (Å²) in [6.07, 6.45) is 0.674. The van der Waals surface area contributed by atoms with E-state index in [1.165, 1.54) is 7.11 Å². The highest BCUT2D eigenvalue weighted by atomic mass is 16.5. The normalized spacial score (nSPS) is 10.2. The molecule has 2 aromatic rings. The molecule has 0 amide bonds. The maximum absolute atomic E-state index is 11.5. The van der Waals surface area contributed by atoms with Gasteiger partial charge in [-0.05, 0) is 12.5 Å². The molecule has 0 aliphatic carbocycles. The number of benzene rings is 1. The van der Waals surface area contributed by atoms with Gasteiger partial charge < -0.3 is 4.74 Å². The molecule has 88 valence electrons. The van der Waals surface area contributed by atoms with Crippen molar-refractivity contribution in [2.75, 3.05) is 7.11 Å². The number of hydrogen-bond donors (Lipinski definition) is 1. The summed E-state index contributed by atoms with van der Waals surface area (Å²) in [7, 11) is 1.36. The van der Waals surface area contributed by atoms with E-state index in [-0.39, 0.29) is 0 Å². The summed E-state index contributed by atoms with van der Waals surface area (Å²) in [5.41, 5.74) is 3.30. The second-order valence-corrected chi connectivity index (χ2v) is 3.83. The smallest absolute Gasteiger partial charge is 0.358 e. The number of carbonyl (C=O) groups excluding carboxylic acids is 1. The summed E-state index contributed by atoms with van der Waals surface area (Å²) in [5, 5.41) is 6.80. The second-order valence-electron chi connectivity index (χ2n) is 3.83. The third-order valence-electron chi connectivity index (χ3n) is 2.68. The molecule has 0 radical (unpaired) electrons. The number of aryl methyl sites for hydroxylation is 1. The third kappa shape index (κ3) is 2.36. The fraction of sp³-hybridized carbons (Fsp3) is 0.231. The quantitative estimate of drug-likeness (QED) is 0.821. The number of aromatic amines is 1. The summed E-state index contributed by atoms with van der Waals surface area (Å²) < 4.78 is 4.71. The van der Waals surface area contributed by atoms with Gasteiger partial charge in [-0.3, -0.25) is 5.10 Å². The highest BCUT2D eigenvalue weighted by Gasteiger charge is 2.17. The molecule has 0 bridgehead atoms. The molecule has 0 atom stereocenters. The van der Waals surface area contributed by atoms with Gasteiger partial charge in [0.1, 0.15) is 0 Å². The fourth-order valence-corrected chi connectivity index (χ4v) is 1.73. The van der Waals surface area contributed by atoms with E-state index in [0.717, 1.165) is 16.8 Å². The highest BCUT2D eigenvalue weighted by Crippen LogP contribution is 2.16. The lowest BCUT2D eigenvalue weighted by molar-refractivity contribution is 0.0593. The SMILES string of the molecule is COC(=O)c1n[nH]c(C)c1Cc1ccccc1. The van der Waals surface area contributed by atoms with Crippen LogP contribution in [0.4, 0.5) is 0 Å². The average Bonchev–Trinajstić information content (AvgIpc) is 2.72. The molecule has 1 aromatic heterocycles. The van der Waals surface area contributed by atoms with Crippen molar-refractivity contribution < 1.29 is 9.53 Å². The van der Waals surface area contributed by atoms with Gasteiger partial charge in [-0.15, -0.1) is 0 Å². The standard InChI is InChI=1S/C13H14N2O2/c1-9-11(8-10-6-4-3-5-7-10)12(15-14-9)13(16)17-2/h3-7H,8H2,1-2H3,(H,14,15). The molecule has 0 fully saturated rings. The van der Waals surface area contributed by atoms with Crippen LogP contribution in [0, 0.1) is 6.92 Å². The maximum atomic E-state index is 11.5. The van der Waals surface area contributed by atoms with Crippen LogP contribution in [0.3, 0.4) is 0 Å². The molecule has 1 heterocycles. The van der Waals surface area contributed by atoms with Crippen molar-refractivity contribution in [2.24, 2.45) is 0 Å². The van der Waals surface area contributed by atoms with E-state index in [0.29, 0.717) is 12.1 Å². The predicted molar refractivity (Wildman–Crippen MR) is 63.9 cm³/mol. The first-order chi connectivity index (χ1) is 8.22. The van der Waals surface area contributed by atoms with Crippen LogP contribution in [0.5, 0.6) is 0 Å². The molecule has 0 aliphatic heterocycles. The highest BCUT2D eigenvalue weighted by molar-refractivity contribution is 5.89. The number of H-pyrrole nitrogens is 1. The summed E-state index contributed by atoms with van der Waals surface area (Å²) in [6, 6.07) is 9.96. The Kier molecular flexibility index (Phi) is 3.23. The van der Waals surface area contributed by atoms with Crippen molar-refractivity contribution >= 4 is 5.97 Å². The first-order valence-corrected chi connectivity index (χ1v) is 5.38. The van der Waals surface area contributed by atoms with Crippen LogP contribution in [0.15, 0.2) is 30.3 Å². The van der Waals surface area contributed by atoms with Gasteiger partial charge in [-0.1, -0.05) is 30.3 Å². The minimum absolute atomic E-state index is 0.369. The summed E-state index contributed by atoms with van der Waals surface area (Å²) in [6.45, 7) is 1.90. The molecule has 2 rings (SSSR count). The van der Waals surface area contributed by atoms with Gasteiger partial charge in [0.2, 0.25) is 0 Å². The minimum atomic E-state index is -0.403. The molecule has 1 aromatic carbocycles. The lowest BCUT2D eigenvalue weighted by Crippen LogP contribution is -2.06. The zero-order valence-electron chi connectivity index (χ0n) is 9.86. The number of ether oxygens (including phenoxy) is 1. The molecule has 1 N–H and O–H groups in total. The van der Waals surface area contributed by atoms with E-state index in [1.807, 2.05) is 37.3 Å². The molecule has 0 spiro atoms. The van der Waals surface area contributed by atoms with Gasteiger partial charge >= 0.3 is 5.97 Å². The molecule has 0 unspecified atom stereocenters. The first kappa shape index (κ1) is 11.4. The molecule has 0 aliphatic rings. The largest absolute Gasteiger partial charge is 0.464 e. The number of aromatic nitrogens is 2. The van der Waals surface area contributed by atoms with Gasteiger partial charge in [0.05, 0.1) is 7.11 Å². The molecule has 0 saturated heterocycles. The van der Waals surface area contributed by atoms with Crippen LogP contribution < -0.4 is 0 Å². The Hall–Kier alpha value is -2.10. The minimum Gasteiger partial charge on any atom is -0.464 e. The monoisotopic (exact) mass is 230 g/mol. The molecule has 0 saturated carbocycles. The molecule has 4 heteroatoms. The Balaban J connectivity index is 2.32. The zero-order valence-corrected chi connectivity index (χ0v) is 9.86. The topological polar surface area (TPSA) is 55.0 Å². The average molecular weight is 230 g/mol. The number of hydrogen-bond acceptors (Lipinski definition) is 3. The fourth-order valence-electron chi connectivity index (χ4n) is 1.73. The molecule has 17 heavy (non-hydrogen) atoms. The number of rotatable bonds is 3. The Labute approximate surface area is 99.6 Å². The summed E-state index contributed by atoms with van der Waals surface area (Å²) in [5.74, 6) is -0.403. The van der Waals surface area contributed by atoms with E-state index in [9.17, 15) is 4.79 Å². The van der Waals surface area contributed by atoms with Crippen LogP contribution in [-0.4, -0.2) is 23.3 Å². The van der Waals surface area contributed by atoms with Crippen LogP contribution in [0.1, 0.15) is 27.3 Å². The van der Waals surface area contributed by atoms with Gasteiger partial charge in [-0.2, -0.15) is 5.10 Å². The summed E-state index contributed by atoms with van der Waals surface area (Å²) >= 11 is 0. The third-order valence-corrected chi connectivity index (χ3v) is 2.68. The van der Waals surface area contributed by atoms with Crippen LogP contribution >= 0.6 is 0 Å². The predicted octanol–water partition coefficient (Wildman–Crippen LogP) is 2.10. The van der Waals surface area contributed by atoms with Crippen molar-refractivity contribution in [1.82, 2.24) is 10.2 Å². The van der Waals surface area contributed by atoms with E-state index in [4.69, 9.17) is 4.74 Å². The Morgan fingerprint density at radius 3 is 2.71 bits per heavy atom. The number of esters is 1. The number of methoxy groups -OCH3 is 1. The second kappa shape index (κ2) is 4.82. The number of nitrogens with one attached hydrogen (secondary N) is 1. The zero-order chi connectivity index (χ0) is 12.3. The van der Waals surface area contributed by atoms with Gasteiger partial charge in [0.15, 0.2) is 5.69 Å². The Bertz CT molecular complexity index is 517. The first-order valence-electron chi connectivity index (χ1n) is 5.38. The van der Waals surface area contributed by atoms with E-state index in [2.05, 4.69) is 10.2 Å². The Morgan fingerprint density at radius 1 is 1.35 bits per heavy atom. The van der Waals surface area contributed by atoms with Crippen molar-refractivity contribution in [3.05, 3.63) is 52.8 Å². The molecular weight excluding hydrogens is 216 g/mol.